The molecule has 0 aliphatic heterocycles. The molecule has 0 aromatic heterocycles. The molecule has 0 spiro atoms. The molecule has 8 aromatic rings. The third kappa shape index (κ3) is 4.47. The van der Waals surface area contributed by atoms with E-state index in [0.29, 0.717) is 0 Å². The van der Waals surface area contributed by atoms with E-state index in [1.54, 1.807) is 0 Å². The van der Waals surface area contributed by atoms with E-state index in [2.05, 4.69) is 195 Å². The first kappa shape index (κ1) is 28.3. The summed E-state index contributed by atoms with van der Waals surface area (Å²) in [5.41, 5.74) is 13.6. The fourth-order valence-corrected chi connectivity index (χ4v) is 7.87. The fraction of sp³-hybridized carbons (Fsp3) is 0.0638. The molecule has 228 valence electrons. The van der Waals surface area contributed by atoms with Crippen LogP contribution in [0, 0.1) is 0 Å². The minimum atomic E-state index is -0.105. The molecule has 0 amide bonds. The quantitative estimate of drug-likeness (QED) is 0.187. The Hall–Kier alpha value is -5.92. The largest absolute Gasteiger partial charge is 0.310 e. The first-order valence-corrected chi connectivity index (χ1v) is 16.8. The zero-order chi connectivity index (χ0) is 32.2. The average molecular weight is 614 g/mol. The molecule has 9 rings (SSSR count). The van der Waals surface area contributed by atoms with Gasteiger partial charge in [0.1, 0.15) is 0 Å². The van der Waals surface area contributed by atoms with E-state index >= 15 is 0 Å². The Labute approximate surface area is 282 Å². The average Bonchev–Trinajstić information content (AvgIpc) is 3.37. The van der Waals surface area contributed by atoms with Crippen LogP contribution in [0.2, 0.25) is 0 Å². The Kier molecular flexibility index (Phi) is 6.55. The van der Waals surface area contributed by atoms with Gasteiger partial charge in [-0.15, -0.1) is 0 Å². The predicted molar refractivity (Wildman–Crippen MR) is 205 cm³/mol. The summed E-state index contributed by atoms with van der Waals surface area (Å²) in [6.07, 6.45) is 0. The van der Waals surface area contributed by atoms with Crippen molar-refractivity contribution in [3.8, 4) is 33.4 Å². The normalized spacial score (nSPS) is 13.0. The van der Waals surface area contributed by atoms with Gasteiger partial charge in [0, 0.05) is 22.4 Å². The standard InChI is InChI=1S/C47H35N/c1-47(2)43-22-11-10-20-40(43)41-29-28-37(31-44(41)47)48(36-26-23-33(24-27-36)32-13-4-3-5-14-32)45-30-25-35-16-7-9-19-39(35)46(45)42-21-12-17-34-15-6-8-18-38(34)42/h3-31H,1-2H3. The maximum absolute atomic E-state index is 2.47. The molecule has 0 N–H and O–H groups in total. The van der Waals surface area contributed by atoms with Crippen LogP contribution in [0.4, 0.5) is 17.1 Å². The van der Waals surface area contributed by atoms with E-state index in [1.165, 1.54) is 66.1 Å². The molecule has 1 aliphatic carbocycles. The zero-order valence-corrected chi connectivity index (χ0v) is 27.2. The molecule has 0 radical (unpaired) electrons. The van der Waals surface area contributed by atoms with Crippen LogP contribution in [-0.4, -0.2) is 0 Å². The first-order chi connectivity index (χ1) is 23.6. The van der Waals surface area contributed by atoms with Gasteiger partial charge in [-0.25, -0.2) is 0 Å². The van der Waals surface area contributed by atoms with Crippen LogP contribution in [0.3, 0.4) is 0 Å². The molecule has 1 aliphatic rings. The van der Waals surface area contributed by atoms with Crippen LogP contribution >= 0.6 is 0 Å². The number of nitrogens with zero attached hydrogens (tertiary/aromatic N) is 1. The summed E-state index contributed by atoms with van der Waals surface area (Å²) >= 11 is 0. The Morgan fingerprint density at radius 1 is 0.396 bits per heavy atom. The Bertz CT molecular complexity index is 2460. The van der Waals surface area contributed by atoms with Crippen LogP contribution in [-0.2, 0) is 5.41 Å². The third-order valence-corrected chi connectivity index (χ3v) is 10.3. The van der Waals surface area contributed by atoms with E-state index < -0.39 is 0 Å². The molecule has 0 bridgehead atoms. The number of fused-ring (bicyclic) bond motifs is 5. The highest BCUT2D eigenvalue weighted by Crippen LogP contribution is 2.52. The van der Waals surface area contributed by atoms with Crippen molar-refractivity contribution in [3.05, 3.63) is 187 Å². The van der Waals surface area contributed by atoms with Gasteiger partial charge in [-0.05, 0) is 90.8 Å². The topological polar surface area (TPSA) is 3.24 Å². The molecule has 0 heterocycles. The van der Waals surface area contributed by atoms with Crippen LogP contribution in [0.5, 0.6) is 0 Å². The maximum atomic E-state index is 2.47. The number of hydrogen-bond donors (Lipinski definition) is 0. The molecule has 0 saturated carbocycles. The summed E-state index contributed by atoms with van der Waals surface area (Å²) in [7, 11) is 0. The highest BCUT2D eigenvalue weighted by molar-refractivity contribution is 6.11. The summed E-state index contributed by atoms with van der Waals surface area (Å²) in [6.45, 7) is 4.72. The maximum Gasteiger partial charge on any atom is 0.0546 e. The molecule has 0 unspecified atom stereocenters. The van der Waals surface area contributed by atoms with Gasteiger partial charge < -0.3 is 4.90 Å². The summed E-state index contributed by atoms with van der Waals surface area (Å²) in [6, 6.07) is 64.5. The van der Waals surface area contributed by atoms with Gasteiger partial charge in [-0.2, -0.15) is 0 Å². The van der Waals surface area contributed by atoms with Crippen LogP contribution in [0.25, 0.3) is 54.9 Å². The van der Waals surface area contributed by atoms with Crippen molar-refractivity contribution in [3.63, 3.8) is 0 Å². The third-order valence-electron chi connectivity index (χ3n) is 10.3. The second kappa shape index (κ2) is 11.1. The molecule has 0 atom stereocenters. The minimum absolute atomic E-state index is 0.105. The summed E-state index contributed by atoms with van der Waals surface area (Å²) in [4.78, 5) is 2.47. The summed E-state index contributed by atoms with van der Waals surface area (Å²) in [5, 5.41) is 4.97. The summed E-state index contributed by atoms with van der Waals surface area (Å²) in [5.74, 6) is 0. The Morgan fingerprint density at radius 2 is 0.979 bits per heavy atom. The van der Waals surface area contributed by atoms with Crippen molar-refractivity contribution < 1.29 is 0 Å². The lowest BCUT2D eigenvalue weighted by molar-refractivity contribution is 0.660. The van der Waals surface area contributed by atoms with Crippen molar-refractivity contribution in [2.75, 3.05) is 4.90 Å². The van der Waals surface area contributed by atoms with Crippen molar-refractivity contribution in [1.29, 1.82) is 0 Å². The number of benzene rings is 8. The fourth-order valence-electron chi connectivity index (χ4n) is 7.87. The molecule has 8 aromatic carbocycles. The van der Waals surface area contributed by atoms with Crippen molar-refractivity contribution in [2.45, 2.75) is 19.3 Å². The highest BCUT2D eigenvalue weighted by Gasteiger charge is 2.36. The van der Waals surface area contributed by atoms with Crippen molar-refractivity contribution >= 4 is 38.6 Å². The SMILES string of the molecule is CC1(C)c2ccccc2-c2ccc(N(c3ccc(-c4ccccc4)cc3)c3ccc4ccccc4c3-c3cccc4ccccc34)cc21. The molecule has 1 heteroatoms. The van der Waals surface area contributed by atoms with E-state index in [9.17, 15) is 0 Å². The number of hydrogen-bond acceptors (Lipinski definition) is 1. The van der Waals surface area contributed by atoms with Crippen molar-refractivity contribution in [1.82, 2.24) is 0 Å². The lowest BCUT2D eigenvalue weighted by atomic mass is 9.82. The molecular formula is C47H35N. The van der Waals surface area contributed by atoms with Gasteiger partial charge in [-0.1, -0.05) is 159 Å². The van der Waals surface area contributed by atoms with Crippen LogP contribution in [0.1, 0.15) is 25.0 Å². The van der Waals surface area contributed by atoms with Gasteiger partial charge in [0.05, 0.1) is 5.69 Å². The van der Waals surface area contributed by atoms with Crippen molar-refractivity contribution in [2.24, 2.45) is 0 Å². The van der Waals surface area contributed by atoms with Crippen LogP contribution in [0.15, 0.2) is 176 Å². The monoisotopic (exact) mass is 613 g/mol. The summed E-state index contributed by atoms with van der Waals surface area (Å²) < 4.78 is 0. The van der Waals surface area contributed by atoms with E-state index in [1.807, 2.05) is 0 Å². The molecule has 0 fully saturated rings. The smallest absolute Gasteiger partial charge is 0.0546 e. The van der Waals surface area contributed by atoms with Gasteiger partial charge in [-0.3, -0.25) is 0 Å². The second-order valence-corrected chi connectivity index (χ2v) is 13.4. The second-order valence-electron chi connectivity index (χ2n) is 13.4. The first-order valence-electron chi connectivity index (χ1n) is 16.8. The number of rotatable bonds is 5. The number of anilines is 3. The molecule has 1 nitrogen and oxygen atoms in total. The van der Waals surface area contributed by atoms with E-state index in [-0.39, 0.29) is 5.41 Å². The Morgan fingerprint density at radius 3 is 1.79 bits per heavy atom. The lowest BCUT2D eigenvalue weighted by Crippen LogP contribution is -2.17. The molecule has 48 heavy (non-hydrogen) atoms. The van der Waals surface area contributed by atoms with Gasteiger partial charge >= 0.3 is 0 Å². The van der Waals surface area contributed by atoms with Gasteiger partial charge in [0.15, 0.2) is 0 Å². The molecule has 0 saturated heterocycles. The van der Waals surface area contributed by atoms with Crippen LogP contribution < -0.4 is 4.90 Å². The van der Waals surface area contributed by atoms with E-state index in [4.69, 9.17) is 0 Å². The molecular weight excluding hydrogens is 579 g/mol. The lowest BCUT2D eigenvalue weighted by Gasteiger charge is -2.31. The van der Waals surface area contributed by atoms with Gasteiger partial charge in [0.2, 0.25) is 0 Å². The highest BCUT2D eigenvalue weighted by atomic mass is 15.1. The van der Waals surface area contributed by atoms with Gasteiger partial charge in [0.25, 0.3) is 0 Å². The minimum Gasteiger partial charge on any atom is -0.310 e. The predicted octanol–water partition coefficient (Wildman–Crippen LogP) is 13.1. The zero-order valence-electron chi connectivity index (χ0n) is 27.2. The Balaban J connectivity index is 1.32. The van der Waals surface area contributed by atoms with E-state index in [0.717, 1.165) is 17.1 Å².